The second-order valence-corrected chi connectivity index (χ2v) is 7.56. The van der Waals surface area contributed by atoms with Crippen LogP contribution in [0.1, 0.15) is 24.1 Å². The van der Waals surface area contributed by atoms with Gasteiger partial charge in [-0.3, -0.25) is 0 Å². The summed E-state index contributed by atoms with van der Waals surface area (Å²) in [5.41, 5.74) is 3.46. The molecule has 1 heterocycles. The predicted molar refractivity (Wildman–Crippen MR) is 119 cm³/mol. The van der Waals surface area contributed by atoms with Crippen LogP contribution in [0.5, 0.6) is 0 Å². The molecule has 150 valence electrons. The van der Waals surface area contributed by atoms with Gasteiger partial charge in [-0.1, -0.05) is 64.5 Å². The average Bonchev–Trinajstić information content (AvgIpc) is 2.74. The lowest BCUT2D eigenvalue weighted by Crippen LogP contribution is -2.48. The Labute approximate surface area is 179 Å². The zero-order valence-corrected chi connectivity index (χ0v) is 18.1. The minimum atomic E-state index is -0.358. The number of carbonyl (C=O) groups is 1. The molecule has 0 bridgehead atoms. The van der Waals surface area contributed by atoms with E-state index in [1.54, 1.807) is 6.08 Å². The summed E-state index contributed by atoms with van der Waals surface area (Å²) in [5, 5.41) is 3.44. The van der Waals surface area contributed by atoms with E-state index in [1.165, 1.54) is 7.11 Å². The number of esters is 1. The first-order chi connectivity index (χ1) is 14.0. The molecule has 1 atom stereocenters. The van der Waals surface area contributed by atoms with Gasteiger partial charge in [0.25, 0.3) is 0 Å². The van der Waals surface area contributed by atoms with Crippen LogP contribution in [0.4, 0.5) is 0 Å². The van der Waals surface area contributed by atoms with E-state index in [1.807, 2.05) is 54.3 Å². The molecule has 0 saturated carbocycles. The first-order valence-corrected chi connectivity index (χ1v) is 10.1. The number of aliphatic imine (C=N–C) groups is 1. The van der Waals surface area contributed by atoms with Gasteiger partial charge in [0.05, 0.1) is 31.8 Å². The molecule has 1 aliphatic heterocycles. The maximum atomic E-state index is 12.7. The van der Waals surface area contributed by atoms with Crippen molar-refractivity contribution in [3.63, 3.8) is 0 Å². The Balaban J connectivity index is 2.10. The van der Waals surface area contributed by atoms with E-state index < -0.39 is 0 Å². The largest absolute Gasteiger partial charge is 0.466 e. The predicted octanol–water partition coefficient (Wildman–Crippen LogP) is 4.58. The van der Waals surface area contributed by atoms with Gasteiger partial charge in [-0.25, -0.2) is 9.79 Å². The number of rotatable bonds is 6. The van der Waals surface area contributed by atoms with E-state index in [2.05, 4.69) is 45.0 Å². The van der Waals surface area contributed by atoms with E-state index >= 15 is 0 Å². The number of methoxy groups -OCH3 is 1. The smallest absolute Gasteiger partial charge is 0.337 e. The van der Waals surface area contributed by atoms with Gasteiger partial charge >= 0.3 is 5.97 Å². The first kappa shape index (κ1) is 20.9. The molecular weight excluding hydrogens is 430 g/mol. The molecule has 0 saturated heterocycles. The Bertz CT molecular complexity index is 936. The third-order valence-corrected chi connectivity index (χ3v) is 5.30. The molecule has 0 aromatic heterocycles. The number of nitrogens with zero attached hydrogens (tertiary/aromatic N) is 2. The molecule has 5 nitrogen and oxygen atoms in total. The molecule has 6 heteroatoms. The van der Waals surface area contributed by atoms with E-state index in [0.29, 0.717) is 24.6 Å². The summed E-state index contributed by atoms with van der Waals surface area (Å²) in [5.74, 6) is 0.343. The van der Waals surface area contributed by atoms with E-state index in [-0.39, 0.29) is 12.0 Å². The lowest BCUT2D eigenvalue weighted by Gasteiger charge is -2.38. The van der Waals surface area contributed by atoms with Crippen molar-refractivity contribution in [3.05, 3.63) is 94.1 Å². The second-order valence-electron chi connectivity index (χ2n) is 6.64. The number of allylic oxidation sites excluding steroid dienone is 1. The topological polar surface area (TPSA) is 53.9 Å². The van der Waals surface area contributed by atoms with Crippen LogP contribution in [-0.2, 0) is 16.1 Å². The molecule has 2 aromatic carbocycles. The number of carbonyl (C=O) groups excluding carboxylic acids is 1. The van der Waals surface area contributed by atoms with E-state index in [9.17, 15) is 4.79 Å². The molecule has 0 aliphatic carbocycles. The number of nitrogens with one attached hydrogen (secondary N) is 1. The van der Waals surface area contributed by atoms with E-state index in [4.69, 9.17) is 4.74 Å². The van der Waals surface area contributed by atoms with Crippen LogP contribution < -0.4 is 5.32 Å². The molecule has 0 spiro atoms. The van der Waals surface area contributed by atoms with Crippen molar-refractivity contribution >= 4 is 27.9 Å². The van der Waals surface area contributed by atoms with Crippen LogP contribution in [0.2, 0.25) is 0 Å². The minimum Gasteiger partial charge on any atom is -0.466 e. The second kappa shape index (κ2) is 9.56. The zero-order chi connectivity index (χ0) is 20.8. The quantitative estimate of drug-likeness (QED) is 0.513. The first-order valence-electron chi connectivity index (χ1n) is 9.33. The third-order valence-electron chi connectivity index (χ3n) is 4.77. The van der Waals surface area contributed by atoms with Crippen LogP contribution in [0.15, 0.2) is 88.0 Å². The summed E-state index contributed by atoms with van der Waals surface area (Å²) < 4.78 is 6.10. The van der Waals surface area contributed by atoms with Crippen LogP contribution in [0, 0.1) is 0 Å². The number of benzene rings is 2. The molecule has 0 fully saturated rings. The monoisotopic (exact) mass is 453 g/mol. The van der Waals surface area contributed by atoms with Crippen molar-refractivity contribution in [3.8, 4) is 0 Å². The summed E-state index contributed by atoms with van der Waals surface area (Å²) in [6.45, 7) is 6.77. The van der Waals surface area contributed by atoms with Gasteiger partial charge in [0.15, 0.2) is 5.96 Å². The van der Waals surface area contributed by atoms with Gasteiger partial charge in [-0.05, 0) is 30.2 Å². The molecule has 0 radical (unpaired) electrons. The normalized spacial score (nSPS) is 17.8. The Morgan fingerprint density at radius 1 is 1.24 bits per heavy atom. The van der Waals surface area contributed by atoms with Gasteiger partial charge in [0.1, 0.15) is 0 Å². The lowest BCUT2D eigenvalue weighted by molar-refractivity contribution is -0.136. The van der Waals surface area contributed by atoms with Gasteiger partial charge in [-0.15, -0.1) is 6.58 Å². The van der Waals surface area contributed by atoms with Crippen molar-refractivity contribution in [2.45, 2.75) is 19.5 Å². The van der Waals surface area contributed by atoms with E-state index in [0.717, 1.165) is 21.3 Å². The van der Waals surface area contributed by atoms with Gasteiger partial charge < -0.3 is 15.0 Å². The molecule has 2 aromatic rings. The van der Waals surface area contributed by atoms with Crippen molar-refractivity contribution in [1.29, 1.82) is 0 Å². The fraction of sp³-hybridized carbons (Fsp3) is 0.217. The Hall–Kier alpha value is -2.86. The molecular formula is C23H24BrN3O2. The Morgan fingerprint density at radius 3 is 2.55 bits per heavy atom. The highest BCUT2D eigenvalue weighted by Crippen LogP contribution is 2.32. The average molecular weight is 454 g/mol. The SMILES string of the molecule is C=CCN=C1N[C@@H](c2ccc(Br)cc2)C(C(=O)OC)=C(C)N1Cc1ccccc1. The highest BCUT2D eigenvalue weighted by molar-refractivity contribution is 9.10. The fourth-order valence-corrected chi connectivity index (χ4v) is 3.58. The Kier molecular flexibility index (Phi) is 6.88. The highest BCUT2D eigenvalue weighted by Gasteiger charge is 2.35. The van der Waals surface area contributed by atoms with Crippen LogP contribution in [0.25, 0.3) is 0 Å². The number of guanidine groups is 1. The summed E-state index contributed by atoms with van der Waals surface area (Å²) in [7, 11) is 1.41. The molecule has 0 unspecified atom stereocenters. The number of halogens is 1. The van der Waals surface area contributed by atoms with Gasteiger partial charge in [-0.2, -0.15) is 0 Å². The third kappa shape index (κ3) is 4.77. The number of hydrogen-bond donors (Lipinski definition) is 1. The van der Waals surface area contributed by atoms with Gasteiger partial charge in [0.2, 0.25) is 0 Å². The maximum absolute atomic E-state index is 12.7. The van der Waals surface area contributed by atoms with Crippen LogP contribution in [0.3, 0.4) is 0 Å². The fourth-order valence-electron chi connectivity index (χ4n) is 3.31. The maximum Gasteiger partial charge on any atom is 0.337 e. The van der Waals surface area contributed by atoms with Gasteiger partial charge in [0, 0.05) is 10.2 Å². The number of ether oxygens (including phenoxy) is 1. The summed E-state index contributed by atoms with van der Waals surface area (Å²) in [4.78, 5) is 19.4. The molecule has 0 amide bonds. The molecule has 3 rings (SSSR count). The van der Waals surface area contributed by atoms with Crippen LogP contribution in [-0.4, -0.2) is 30.5 Å². The number of hydrogen-bond acceptors (Lipinski definition) is 3. The summed E-state index contributed by atoms with van der Waals surface area (Å²) in [6.07, 6.45) is 1.75. The minimum absolute atomic E-state index is 0.355. The van der Waals surface area contributed by atoms with Crippen molar-refractivity contribution < 1.29 is 9.53 Å². The lowest BCUT2D eigenvalue weighted by atomic mass is 9.94. The molecule has 1 N–H and O–H groups in total. The molecule has 1 aliphatic rings. The molecule has 29 heavy (non-hydrogen) atoms. The van der Waals surface area contributed by atoms with Crippen molar-refractivity contribution in [2.24, 2.45) is 4.99 Å². The summed E-state index contributed by atoms with van der Waals surface area (Å²) >= 11 is 3.46. The van der Waals surface area contributed by atoms with Crippen molar-refractivity contribution in [2.75, 3.05) is 13.7 Å². The Morgan fingerprint density at radius 2 is 1.93 bits per heavy atom. The zero-order valence-electron chi connectivity index (χ0n) is 16.6. The standard InChI is InChI=1S/C23H24BrN3O2/c1-4-14-25-23-26-21(18-10-12-19(24)13-11-18)20(22(28)29-3)16(2)27(23)15-17-8-6-5-7-9-17/h4-13,21H,1,14-15H2,2-3H3,(H,25,26)/t21-/m0/s1. The van der Waals surface area contributed by atoms with Crippen LogP contribution >= 0.6 is 15.9 Å². The highest BCUT2D eigenvalue weighted by atomic mass is 79.9. The summed E-state index contributed by atoms with van der Waals surface area (Å²) in [6, 6.07) is 17.6. The van der Waals surface area contributed by atoms with Crippen molar-refractivity contribution in [1.82, 2.24) is 10.2 Å².